The van der Waals surface area contributed by atoms with Crippen LogP contribution in [0.25, 0.3) is 0 Å². The average Bonchev–Trinajstić information content (AvgIpc) is 2.20. The summed E-state index contributed by atoms with van der Waals surface area (Å²) < 4.78 is 0. The molecule has 0 aromatic heterocycles. The van der Waals surface area contributed by atoms with Gasteiger partial charge in [-0.3, -0.25) is 5.43 Å². The second-order valence-corrected chi connectivity index (χ2v) is 4.29. The van der Waals surface area contributed by atoms with Crippen LogP contribution in [0.2, 0.25) is 5.02 Å². The summed E-state index contributed by atoms with van der Waals surface area (Å²) in [4.78, 5) is 1.05. The Labute approximate surface area is 103 Å². The molecule has 1 aromatic carbocycles. The van der Waals surface area contributed by atoms with E-state index in [0.717, 1.165) is 10.5 Å². The van der Waals surface area contributed by atoms with Crippen molar-refractivity contribution in [3.05, 3.63) is 28.8 Å². The number of hydrogen-bond acceptors (Lipinski definition) is 3. The van der Waals surface area contributed by atoms with Crippen LogP contribution in [0.15, 0.2) is 28.2 Å². The molecular weight excluding hydrogens is 250 g/mol. The van der Waals surface area contributed by atoms with E-state index in [-0.39, 0.29) is 5.11 Å². The summed E-state index contributed by atoms with van der Waals surface area (Å²) in [6, 6.07) is 5.68. The molecule has 80 valence electrons. The van der Waals surface area contributed by atoms with Crippen molar-refractivity contribution in [3.63, 3.8) is 0 Å². The monoisotopic (exact) mass is 259 g/mol. The first-order valence-electron chi connectivity index (χ1n) is 4.06. The third kappa shape index (κ3) is 3.70. The molecule has 0 atom stereocenters. The summed E-state index contributed by atoms with van der Waals surface area (Å²) in [6.45, 7) is 0. The van der Waals surface area contributed by atoms with Crippen molar-refractivity contribution < 1.29 is 0 Å². The molecule has 0 heterocycles. The molecule has 0 aliphatic heterocycles. The minimum atomic E-state index is 0.129. The Hall–Kier alpha value is -0.780. The standard InChI is InChI=1S/C9H10ClN3S2/c1-15-8-4-2-3-7(10)6(8)5-12-13-9(11)14/h2-5H,1H3,(H3,11,13,14). The molecule has 0 aliphatic carbocycles. The lowest BCUT2D eigenvalue weighted by Crippen LogP contribution is -2.24. The van der Waals surface area contributed by atoms with Crippen LogP contribution in [0.5, 0.6) is 0 Å². The highest BCUT2D eigenvalue weighted by Gasteiger charge is 2.02. The predicted molar refractivity (Wildman–Crippen MR) is 70.7 cm³/mol. The lowest BCUT2D eigenvalue weighted by Gasteiger charge is -2.04. The van der Waals surface area contributed by atoms with Crippen LogP contribution in [-0.2, 0) is 0 Å². The molecule has 0 unspecified atom stereocenters. The summed E-state index contributed by atoms with van der Waals surface area (Å²) in [5, 5.41) is 4.65. The molecule has 3 nitrogen and oxygen atoms in total. The number of hydrogen-bond donors (Lipinski definition) is 2. The van der Waals surface area contributed by atoms with E-state index in [1.54, 1.807) is 18.0 Å². The second kappa shape index (κ2) is 5.95. The van der Waals surface area contributed by atoms with Gasteiger partial charge in [-0.15, -0.1) is 11.8 Å². The van der Waals surface area contributed by atoms with Gasteiger partial charge in [0.2, 0.25) is 0 Å². The normalized spacial score (nSPS) is 10.5. The van der Waals surface area contributed by atoms with Crippen molar-refractivity contribution in [1.29, 1.82) is 0 Å². The van der Waals surface area contributed by atoms with E-state index in [4.69, 9.17) is 17.3 Å². The number of nitrogens with two attached hydrogens (primary N) is 1. The third-order valence-electron chi connectivity index (χ3n) is 1.60. The summed E-state index contributed by atoms with van der Waals surface area (Å²) >= 11 is 12.2. The molecule has 0 radical (unpaired) electrons. The highest BCUT2D eigenvalue weighted by molar-refractivity contribution is 7.98. The largest absolute Gasteiger partial charge is 0.375 e. The fourth-order valence-corrected chi connectivity index (χ4v) is 1.91. The van der Waals surface area contributed by atoms with Crippen molar-refractivity contribution in [3.8, 4) is 0 Å². The molecule has 0 fully saturated rings. The number of hydrazone groups is 1. The zero-order valence-corrected chi connectivity index (χ0v) is 10.4. The van der Waals surface area contributed by atoms with Crippen molar-refractivity contribution in [2.75, 3.05) is 6.26 Å². The van der Waals surface area contributed by atoms with Gasteiger partial charge in [-0.25, -0.2) is 0 Å². The van der Waals surface area contributed by atoms with Crippen LogP contribution < -0.4 is 11.2 Å². The Morgan fingerprint density at radius 3 is 3.00 bits per heavy atom. The lowest BCUT2D eigenvalue weighted by molar-refractivity contribution is 1.04. The minimum Gasteiger partial charge on any atom is -0.375 e. The van der Waals surface area contributed by atoms with E-state index in [0.29, 0.717) is 5.02 Å². The second-order valence-electron chi connectivity index (χ2n) is 2.59. The minimum absolute atomic E-state index is 0.129. The predicted octanol–water partition coefficient (Wildman–Crippen LogP) is 2.23. The van der Waals surface area contributed by atoms with E-state index >= 15 is 0 Å². The Kier molecular flexibility index (Phi) is 4.87. The molecule has 1 rings (SSSR count). The van der Waals surface area contributed by atoms with Crippen molar-refractivity contribution in [2.45, 2.75) is 4.90 Å². The molecule has 15 heavy (non-hydrogen) atoms. The van der Waals surface area contributed by atoms with Gasteiger partial charge >= 0.3 is 0 Å². The summed E-state index contributed by atoms with van der Waals surface area (Å²) in [5.41, 5.74) is 8.57. The molecule has 6 heteroatoms. The number of rotatable bonds is 3. The molecule has 0 amide bonds. The van der Waals surface area contributed by atoms with Crippen LogP contribution in [0.4, 0.5) is 0 Å². The zero-order chi connectivity index (χ0) is 11.3. The number of benzene rings is 1. The van der Waals surface area contributed by atoms with E-state index in [9.17, 15) is 0 Å². The first-order chi connectivity index (χ1) is 7.15. The molecule has 0 bridgehead atoms. The van der Waals surface area contributed by atoms with Crippen LogP contribution in [0.3, 0.4) is 0 Å². The van der Waals surface area contributed by atoms with E-state index in [1.807, 2.05) is 24.5 Å². The van der Waals surface area contributed by atoms with Crippen LogP contribution in [0, 0.1) is 0 Å². The van der Waals surface area contributed by atoms with Gasteiger partial charge < -0.3 is 5.73 Å². The maximum Gasteiger partial charge on any atom is 0.184 e. The summed E-state index contributed by atoms with van der Waals surface area (Å²) in [5.74, 6) is 0. The molecule has 3 N–H and O–H groups in total. The number of thioether (sulfide) groups is 1. The van der Waals surface area contributed by atoms with Crippen molar-refractivity contribution in [2.24, 2.45) is 10.8 Å². The van der Waals surface area contributed by atoms with E-state index in [1.165, 1.54) is 0 Å². The van der Waals surface area contributed by atoms with Crippen LogP contribution in [-0.4, -0.2) is 17.6 Å². The van der Waals surface area contributed by atoms with Gasteiger partial charge in [0.05, 0.1) is 11.2 Å². The Bertz CT molecular complexity index is 393. The molecular formula is C9H10ClN3S2. The van der Waals surface area contributed by atoms with E-state index < -0.39 is 0 Å². The van der Waals surface area contributed by atoms with Crippen LogP contribution in [0.1, 0.15) is 5.56 Å². The van der Waals surface area contributed by atoms with Gasteiger partial charge in [-0.05, 0) is 30.6 Å². The van der Waals surface area contributed by atoms with Gasteiger partial charge in [0.1, 0.15) is 0 Å². The van der Waals surface area contributed by atoms with Gasteiger partial charge in [-0.1, -0.05) is 17.7 Å². The van der Waals surface area contributed by atoms with E-state index in [2.05, 4.69) is 22.7 Å². The van der Waals surface area contributed by atoms with Gasteiger partial charge in [0, 0.05) is 10.5 Å². The number of nitrogens with zero attached hydrogens (tertiary/aromatic N) is 1. The number of thiocarbonyl (C=S) groups is 1. The zero-order valence-electron chi connectivity index (χ0n) is 8.03. The SMILES string of the molecule is CSc1cccc(Cl)c1C=NNC(N)=S. The average molecular weight is 260 g/mol. The topological polar surface area (TPSA) is 50.4 Å². The maximum atomic E-state index is 6.03. The van der Waals surface area contributed by atoms with Crippen molar-refractivity contribution in [1.82, 2.24) is 5.43 Å². The number of halogens is 1. The van der Waals surface area contributed by atoms with Gasteiger partial charge in [-0.2, -0.15) is 5.10 Å². The molecule has 0 saturated carbocycles. The first kappa shape index (κ1) is 12.3. The maximum absolute atomic E-state index is 6.03. The van der Waals surface area contributed by atoms with Crippen LogP contribution >= 0.6 is 35.6 Å². The smallest absolute Gasteiger partial charge is 0.184 e. The quantitative estimate of drug-likeness (QED) is 0.378. The first-order valence-corrected chi connectivity index (χ1v) is 6.07. The fourth-order valence-electron chi connectivity index (χ4n) is 0.981. The van der Waals surface area contributed by atoms with Gasteiger partial charge in [0.25, 0.3) is 0 Å². The fraction of sp³-hybridized carbons (Fsp3) is 0.111. The highest BCUT2D eigenvalue weighted by atomic mass is 35.5. The Morgan fingerprint density at radius 1 is 1.67 bits per heavy atom. The van der Waals surface area contributed by atoms with Gasteiger partial charge in [0.15, 0.2) is 5.11 Å². The molecule has 0 saturated heterocycles. The Balaban J connectivity index is 2.92. The summed E-state index contributed by atoms with van der Waals surface area (Å²) in [6.07, 6.45) is 3.58. The molecule has 0 spiro atoms. The summed E-state index contributed by atoms with van der Waals surface area (Å²) in [7, 11) is 0. The molecule has 1 aromatic rings. The Morgan fingerprint density at radius 2 is 2.40 bits per heavy atom. The number of nitrogens with one attached hydrogen (secondary N) is 1. The molecule has 0 aliphatic rings. The third-order valence-corrected chi connectivity index (χ3v) is 2.82. The lowest BCUT2D eigenvalue weighted by atomic mass is 10.2. The highest BCUT2D eigenvalue weighted by Crippen LogP contribution is 2.25. The van der Waals surface area contributed by atoms with Crippen molar-refractivity contribution >= 4 is 46.9 Å².